The third kappa shape index (κ3) is 17.4. The minimum atomic E-state index is -0.400. The van der Waals surface area contributed by atoms with E-state index >= 15 is 0 Å². The summed E-state index contributed by atoms with van der Waals surface area (Å²) in [6.45, 7) is 0. The first-order chi connectivity index (χ1) is 15.4. The SMILES string of the molecule is O=C(NC[S-])c1cccc(C(=O)NC[S-])c1.O=C(NC[S-])c1cccc(C(=O)NC[S-])n1.[Na+].[Na+].[Na+].[Na+]. The van der Waals surface area contributed by atoms with Crippen LogP contribution in [0.25, 0.3) is 0 Å². The first-order valence-electron chi connectivity index (χ1n) is 8.90. The standard InChI is InChI=1S/C10H12N2O2S2.C9H11N3O2S2.4Na/c13-9(11-5-15)7-2-1-3-8(4-7)10(14)12-6-16;13-8(10-4-15)6-2-1-3-7(12-6)9(14)11-5-16;;;;/h1-4,15-16H,5-6H2,(H,11,13)(H,12,14);1-3,15-16H,4-5H2,(H,10,13)(H,11,14);;;;/q;;4*+1/p-4. The second-order valence-electron chi connectivity index (χ2n) is 5.59. The van der Waals surface area contributed by atoms with Crippen molar-refractivity contribution in [3.63, 3.8) is 0 Å². The molecule has 4 amide bonds. The fourth-order valence-corrected chi connectivity index (χ4v) is 2.66. The molecule has 0 saturated carbocycles. The van der Waals surface area contributed by atoms with E-state index in [9.17, 15) is 19.2 Å². The van der Waals surface area contributed by atoms with Crippen LogP contribution in [0, 0.1) is 0 Å². The van der Waals surface area contributed by atoms with Gasteiger partial charge in [0.05, 0.1) is 0 Å². The van der Waals surface area contributed by atoms with E-state index in [4.69, 9.17) is 0 Å². The molecular formula is C19H19N5Na4O4S4. The van der Waals surface area contributed by atoms with E-state index in [0.717, 1.165) is 0 Å². The summed E-state index contributed by atoms with van der Waals surface area (Å²) in [5.74, 6) is -0.897. The maximum absolute atomic E-state index is 11.4. The number of hydrogen-bond acceptors (Lipinski definition) is 9. The summed E-state index contributed by atoms with van der Waals surface area (Å²) in [5.41, 5.74) is 1.12. The van der Waals surface area contributed by atoms with Gasteiger partial charge in [-0.25, -0.2) is 4.98 Å². The topological polar surface area (TPSA) is 129 Å². The van der Waals surface area contributed by atoms with Gasteiger partial charge >= 0.3 is 118 Å². The van der Waals surface area contributed by atoms with E-state index in [1.807, 2.05) is 0 Å². The zero-order valence-corrected chi connectivity index (χ0v) is 31.8. The summed E-state index contributed by atoms with van der Waals surface area (Å²) in [5, 5.41) is 9.81. The van der Waals surface area contributed by atoms with Gasteiger partial charge in [0.1, 0.15) is 11.4 Å². The molecule has 0 spiro atoms. The molecule has 0 bridgehead atoms. The van der Waals surface area contributed by atoms with Crippen LogP contribution in [0.1, 0.15) is 41.7 Å². The van der Waals surface area contributed by atoms with Crippen LogP contribution in [0.5, 0.6) is 0 Å². The Labute approximate surface area is 321 Å². The molecule has 2 aromatic rings. The Bertz CT molecular complexity index is 822. The normalized spacial score (nSPS) is 8.56. The summed E-state index contributed by atoms with van der Waals surface area (Å²) in [4.78, 5) is 49.6. The number of amides is 4. The second-order valence-corrected chi connectivity index (χ2v) is 6.74. The molecule has 0 aliphatic rings. The number of rotatable bonds is 8. The molecule has 9 nitrogen and oxygen atoms in total. The molecule has 0 atom stereocenters. The summed E-state index contributed by atoms with van der Waals surface area (Å²) in [6.07, 6.45) is 0. The molecule has 0 fully saturated rings. The van der Waals surface area contributed by atoms with Gasteiger partial charge in [-0.3, -0.25) is 19.2 Å². The zero-order valence-electron chi connectivity index (χ0n) is 20.6. The number of carbonyl (C=O) groups excluding carboxylic acids is 4. The number of nitrogens with zero attached hydrogens (tertiary/aromatic N) is 1. The second kappa shape index (κ2) is 26.9. The van der Waals surface area contributed by atoms with Crippen molar-refractivity contribution < 1.29 is 137 Å². The third-order valence-electron chi connectivity index (χ3n) is 3.53. The number of carbonyl (C=O) groups is 4. The van der Waals surface area contributed by atoms with E-state index < -0.39 is 11.8 Å². The van der Waals surface area contributed by atoms with Crippen LogP contribution in [-0.4, -0.2) is 52.1 Å². The van der Waals surface area contributed by atoms with Crippen LogP contribution in [0.4, 0.5) is 0 Å². The molecule has 0 aliphatic heterocycles. The number of hydrogen-bond donors (Lipinski definition) is 4. The average Bonchev–Trinajstić information content (AvgIpc) is 2.80. The average molecular weight is 602 g/mol. The van der Waals surface area contributed by atoms with E-state index in [1.165, 1.54) is 18.2 Å². The molecule has 0 radical (unpaired) electrons. The van der Waals surface area contributed by atoms with Crippen LogP contribution < -0.4 is 139 Å². The molecule has 1 heterocycles. The van der Waals surface area contributed by atoms with E-state index in [2.05, 4.69) is 76.8 Å². The fourth-order valence-electron chi connectivity index (χ4n) is 2.14. The van der Waals surface area contributed by atoms with Gasteiger partial charge < -0.3 is 71.8 Å². The molecule has 1 aromatic carbocycles. The Morgan fingerprint density at radius 3 is 1.19 bits per heavy atom. The van der Waals surface area contributed by atoms with Crippen molar-refractivity contribution >= 4 is 74.1 Å². The molecule has 0 aliphatic carbocycles. The Kier molecular flexibility index (Phi) is 33.3. The summed E-state index contributed by atoms with van der Waals surface area (Å²) >= 11 is 18.5. The molecule has 2 rings (SSSR count). The van der Waals surface area contributed by atoms with E-state index in [0.29, 0.717) is 11.1 Å². The van der Waals surface area contributed by atoms with Gasteiger partial charge in [-0.15, -0.1) is 23.5 Å². The molecule has 172 valence electrons. The van der Waals surface area contributed by atoms with Crippen LogP contribution in [0.2, 0.25) is 0 Å². The first-order valence-corrected chi connectivity index (χ1v) is 11.2. The fraction of sp³-hybridized carbons (Fsp3) is 0.211. The van der Waals surface area contributed by atoms with Crippen LogP contribution in [0.15, 0.2) is 42.5 Å². The van der Waals surface area contributed by atoms with Gasteiger partial charge in [-0.05, 0) is 30.3 Å². The largest absolute Gasteiger partial charge is 1.00 e. The maximum Gasteiger partial charge on any atom is 1.00 e. The summed E-state index contributed by atoms with van der Waals surface area (Å²) in [6, 6.07) is 11.0. The third-order valence-corrected chi connectivity index (χ3v) is 4.11. The Morgan fingerprint density at radius 2 is 0.861 bits per heavy atom. The monoisotopic (exact) mass is 601 g/mol. The van der Waals surface area contributed by atoms with Crippen LogP contribution in [0.3, 0.4) is 0 Å². The quantitative estimate of drug-likeness (QED) is 0.172. The van der Waals surface area contributed by atoms with Gasteiger partial charge in [0.2, 0.25) is 11.8 Å². The number of aromatic nitrogens is 1. The molecule has 0 saturated heterocycles. The Hall–Kier alpha value is 1.65. The summed E-state index contributed by atoms with van der Waals surface area (Å²) in [7, 11) is 0. The molecule has 17 heteroatoms. The van der Waals surface area contributed by atoms with Crippen molar-refractivity contribution in [3.05, 3.63) is 65.0 Å². The predicted octanol–water partition coefficient (Wildman–Crippen LogP) is -12.3. The first kappa shape index (κ1) is 44.7. The molecule has 36 heavy (non-hydrogen) atoms. The zero-order chi connectivity index (χ0) is 23.9. The van der Waals surface area contributed by atoms with E-state index in [-0.39, 0.29) is 165 Å². The van der Waals surface area contributed by atoms with Gasteiger partial charge in [0, 0.05) is 11.1 Å². The minimum absolute atomic E-state index is 0. The summed E-state index contributed by atoms with van der Waals surface area (Å²) < 4.78 is 0. The van der Waals surface area contributed by atoms with Crippen LogP contribution >= 0.6 is 0 Å². The van der Waals surface area contributed by atoms with Crippen molar-refractivity contribution in [1.29, 1.82) is 0 Å². The van der Waals surface area contributed by atoms with Gasteiger partial charge in [-0.2, -0.15) is 0 Å². The molecule has 4 N–H and O–H groups in total. The Balaban J connectivity index is -0.000000256. The van der Waals surface area contributed by atoms with Crippen LogP contribution in [-0.2, 0) is 50.5 Å². The molecular weight excluding hydrogens is 582 g/mol. The van der Waals surface area contributed by atoms with Gasteiger partial charge in [0.25, 0.3) is 11.8 Å². The number of benzene rings is 1. The van der Waals surface area contributed by atoms with E-state index in [1.54, 1.807) is 24.3 Å². The van der Waals surface area contributed by atoms with Crippen molar-refractivity contribution in [2.24, 2.45) is 0 Å². The number of nitrogens with one attached hydrogen (secondary N) is 4. The number of pyridine rings is 1. The smallest absolute Gasteiger partial charge is 0.772 e. The van der Waals surface area contributed by atoms with Gasteiger partial charge in [0.15, 0.2) is 0 Å². The predicted molar refractivity (Wildman–Crippen MR) is 129 cm³/mol. The van der Waals surface area contributed by atoms with Crippen molar-refractivity contribution in [3.8, 4) is 0 Å². The minimum Gasteiger partial charge on any atom is -0.772 e. The molecule has 0 unspecified atom stereocenters. The van der Waals surface area contributed by atoms with Crippen molar-refractivity contribution in [2.45, 2.75) is 0 Å². The van der Waals surface area contributed by atoms with Crippen molar-refractivity contribution in [1.82, 2.24) is 26.3 Å². The molecule has 1 aromatic heterocycles. The van der Waals surface area contributed by atoms with Gasteiger partial charge in [-0.1, -0.05) is 12.1 Å². The Morgan fingerprint density at radius 1 is 0.556 bits per heavy atom. The maximum atomic E-state index is 11.4. The van der Waals surface area contributed by atoms with Crippen molar-refractivity contribution in [2.75, 3.05) is 23.5 Å².